The Morgan fingerprint density at radius 3 is 2.53 bits per heavy atom. The van der Waals surface area contributed by atoms with E-state index in [1.165, 1.54) is 37.1 Å². The van der Waals surface area contributed by atoms with Crippen molar-refractivity contribution < 1.29 is 9.53 Å². The highest BCUT2D eigenvalue weighted by molar-refractivity contribution is 6.33. The van der Waals surface area contributed by atoms with Gasteiger partial charge in [-0.25, -0.2) is 0 Å². The maximum atomic E-state index is 13.0. The molecule has 1 aliphatic heterocycles. The fraction of sp³-hybridized carbons (Fsp3) is 0.360. The summed E-state index contributed by atoms with van der Waals surface area (Å²) in [5.41, 5.74) is 2.76. The lowest BCUT2D eigenvalue weighted by atomic mass is 10.1. The molecule has 30 heavy (non-hydrogen) atoms. The van der Waals surface area contributed by atoms with Crippen LogP contribution in [-0.2, 0) is 4.79 Å². The van der Waals surface area contributed by atoms with Crippen LogP contribution in [0.3, 0.4) is 0 Å². The zero-order valence-corrected chi connectivity index (χ0v) is 18.5. The first kappa shape index (κ1) is 22.1. The number of unbranched alkanes of at least 4 members (excludes halogenated alkanes) is 5. The van der Waals surface area contributed by atoms with E-state index >= 15 is 0 Å². The largest absolute Gasteiger partial charge is 0.493 e. The minimum Gasteiger partial charge on any atom is -0.493 e. The van der Waals surface area contributed by atoms with Crippen LogP contribution < -0.4 is 9.75 Å². The molecule has 0 saturated carbocycles. The molecule has 0 aromatic heterocycles. The Hall–Kier alpha value is -2.59. The molecule has 0 bridgehead atoms. The average molecular weight is 425 g/mol. The molecule has 0 N–H and O–H groups in total. The topological polar surface area (TPSA) is 41.9 Å². The van der Waals surface area contributed by atoms with E-state index in [1.807, 2.05) is 61.5 Å². The van der Waals surface area contributed by atoms with E-state index in [9.17, 15) is 4.79 Å². The number of hydrogen-bond acceptors (Lipinski definition) is 3. The highest BCUT2D eigenvalue weighted by atomic mass is 35.5. The summed E-state index contributed by atoms with van der Waals surface area (Å²) in [7, 11) is 0. The number of nitrogens with zero attached hydrogens (tertiary/aromatic N) is 2. The highest BCUT2D eigenvalue weighted by Gasteiger charge is 2.28. The van der Waals surface area contributed by atoms with Crippen molar-refractivity contribution in [3.63, 3.8) is 0 Å². The average Bonchev–Trinajstić information content (AvgIpc) is 3.03. The molecule has 0 saturated heterocycles. The second kappa shape index (κ2) is 11.0. The Morgan fingerprint density at radius 2 is 1.77 bits per heavy atom. The Morgan fingerprint density at radius 1 is 1.03 bits per heavy atom. The molecule has 0 spiro atoms. The third kappa shape index (κ3) is 5.73. The summed E-state index contributed by atoms with van der Waals surface area (Å²) in [5, 5.41) is 6.48. The van der Waals surface area contributed by atoms with Gasteiger partial charge in [-0.15, -0.1) is 0 Å². The molecule has 2 aromatic carbocycles. The lowest BCUT2D eigenvalue weighted by Crippen LogP contribution is -2.21. The molecule has 0 unspecified atom stereocenters. The molecular formula is C25H29ClN2O2. The molecule has 5 heteroatoms. The molecule has 1 heterocycles. The van der Waals surface area contributed by atoms with Gasteiger partial charge in [0.2, 0.25) is 0 Å². The first-order chi connectivity index (χ1) is 14.6. The van der Waals surface area contributed by atoms with Gasteiger partial charge in [-0.1, -0.05) is 68.8 Å². The predicted octanol–water partition coefficient (Wildman–Crippen LogP) is 6.89. The van der Waals surface area contributed by atoms with Crippen molar-refractivity contribution in [1.82, 2.24) is 0 Å². The molecule has 1 aliphatic rings. The van der Waals surface area contributed by atoms with Crippen molar-refractivity contribution in [2.24, 2.45) is 5.10 Å². The summed E-state index contributed by atoms with van der Waals surface area (Å²) in [4.78, 5) is 13.0. The van der Waals surface area contributed by atoms with Gasteiger partial charge in [0.25, 0.3) is 5.91 Å². The lowest BCUT2D eigenvalue weighted by molar-refractivity contribution is -0.114. The first-order valence-electron chi connectivity index (χ1n) is 10.7. The molecule has 0 fully saturated rings. The van der Waals surface area contributed by atoms with Crippen LogP contribution in [-0.4, -0.2) is 18.2 Å². The number of amides is 1. The lowest BCUT2D eigenvalue weighted by Gasteiger charge is -2.12. The smallest absolute Gasteiger partial charge is 0.280 e. The third-order valence-corrected chi connectivity index (χ3v) is 5.33. The maximum absolute atomic E-state index is 13.0. The van der Waals surface area contributed by atoms with Crippen LogP contribution in [0.15, 0.2) is 59.2 Å². The normalized spacial score (nSPS) is 15.0. The van der Waals surface area contributed by atoms with E-state index in [2.05, 4.69) is 12.0 Å². The Bertz CT molecular complexity index is 922. The SMILES string of the molecule is CCCCCCCCOc1ccc(Cl)cc1C=C1C(=O)N(c2ccccc2)N=C1C. The number of hydrogen-bond donors (Lipinski definition) is 0. The highest BCUT2D eigenvalue weighted by Crippen LogP contribution is 2.29. The van der Waals surface area contributed by atoms with Crippen molar-refractivity contribution in [2.75, 3.05) is 11.6 Å². The number of rotatable bonds is 10. The van der Waals surface area contributed by atoms with Crippen LogP contribution in [0.1, 0.15) is 57.9 Å². The summed E-state index contributed by atoms with van der Waals surface area (Å²) in [6, 6.07) is 14.9. The Kier molecular flexibility index (Phi) is 8.09. The quantitative estimate of drug-likeness (QED) is 0.308. The van der Waals surface area contributed by atoms with Crippen molar-refractivity contribution in [3.8, 4) is 5.75 Å². The second-order valence-electron chi connectivity index (χ2n) is 7.49. The van der Waals surface area contributed by atoms with Gasteiger partial charge in [0.1, 0.15) is 5.75 Å². The predicted molar refractivity (Wildman–Crippen MR) is 125 cm³/mol. The number of anilines is 1. The number of ether oxygens (including phenoxy) is 1. The van der Waals surface area contributed by atoms with Gasteiger partial charge in [0, 0.05) is 10.6 Å². The zero-order chi connectivity index (χ0) is 21.3. The Labute approximate surface area is 184 Å². The van der Waals surface area contributed by atoms with E-state index < -0.39 is 0 Å². The molecule has 158 valence electrons. The second-order valence-corrected chi connectivity index (χ2v) is 7.93. The number of benzene rings is 2. The van der Waals surface area contributed by atoms with Crippen LogP contribution in [0.2, 0.25) is 5.02 Å². The van der Waals surface area contributed by atoms with Crippen molar-refractivity contribution in [2.45, 2.75) is 52.4 Å². The molecule has 4 nitrogen and oxygen atoms in total. The fourth-order valence-electron chi connectivity index (χ4n) is 3.41. The fourth-order valence-corrected chi connectivity index (χ4v) is 3.59. The number of hydrazone groups is 1. The first-order valence-corrected chi connectivity index (χ1v) is 11.1. The van der Waals surface area contributed by atoms with Crippen LogP contribution in [0.5, 0.6) is 5.75 Å². The van der Waals surface area contributed by atoms with Gasteiger partial charge in [-0.3, -0.25) is 4.79 Å². The summed E-state index contributed by atoms with van der Waals surface area (Å²) in [6.45, 7) is 4.72. The van der Waals surface area contributed by atoms with Crippen molar-refractivity contribution in [1.29, 1.82) is 0 Å². The van der Waals surface area contributed by atoms with Gasteiger partial charge >= 0.3 is 0 Å². The van der Waals surface area contributed by atoms with E-state index in [4.69, 9.17) is 16.3 Å². The standard InChI is InChI=1S/C25H29ClN2O2/c1-3-4-5-6-7-11-16-30-24-15-14-21(26)17-20(24)18-23-19(2)27-28(25(23)29)22-12-9-8-10-13-22/h8-10,12-15,17-18H,3-7,11,16H2,1-2H3. The minimum atomic E-state index is -0.152. The summed E-state index contributed by atoms with van der Waals surface area (Å²) in [5.74, 6) is 0.583. The van der Waals surface area contributed by atoms with E-state index in [0.717, 1.165) is 23.4 Å². The van der Waals surface area contributed by atoms with Gasteiger partial charge in [0.15, 0.2) is 0 Å². The van der Waals surface area contributed by atoms with Gasteiger partial charge < -0.3 is 4.74 Å². The third-order valence-electron chi connectivity index (χ3n) is 5.09. The molecule has 0 aliphatic carbocycles. The van der Waals surface area contributed by atoms with E-state index in [-0.39, 0.29) is 5.91 Å². The number of carbonyl (C=O) groups excluding carboxylic acids is 1. The van der Waals surface area contributed by atoms with E-state index in [0.29, 0.717) is 22.9 Å². The minimum absolute atomic E-state index is 0.152. The summed E-state index contributed by atoms with van der Waals surface area (Å²) < 4.78 is 6.02. The van der Waals surface area contributed by atoms with Gasteiger partial charge in [0.05, 0.1) is 23.6 Å². The monoisotopic (exact) mass is 424 g/mol. The van der Waals surface area contributed by atoms with Crippen LogP contribution in [0, 0.1) is 0 Å². The Balaban J connectivity index is 1.71. The van der Waals surface area contributed by atoms with E-state index in [1.54, 1.807) is 0 Å². The number of para-hydroxylation sites is 1. The summed E-state index contributed by atoms with van der Waals surface area (Å²) in [6.07, 6.45) is 9.09. The van der Waals surface area contributed by atoms with Crippen LogP contribution in [0.25, 0.3) is 6.08 Å². The molecular weight excluding hydrogens is 396 g/mol. The van der Waals surface area contributed by atoms with Crippen molar-refractivity contribution in [3.05, 3.63) is 64.7 Å². The summed E-state index contributed by atoms with van der Waals surface area (Å²) >= 11 is 6.22. The number of carbonyl (C=O) groups is 1. The zero-order valence-electron chi connectivity index (χ0n) is 17.7. The maximum Gasteiger partial charge on any atom is 0.280 e. The van der Waals surface area contributed by atoms with Gasteiger partial charge in [-0.2, -0.15) is 10.1 Å². The number of halogens is 1. The van der Waals surface area contributed by atoms with Crippen LogP contribution in [0.4, 0.5) is 5.69 Å². The molecule has 0 atom stereocenters. The molecule has 2 aromatic rings. The molecule has 1 amide bonds. The van der Waals surface area contributed by atoms with Gasteiger partial charge in [-0.05, 0) is 49.8 Å². The van der Waals surface area contributed by atoms with Crippen LogP contribution >= 0.6 is 11.6 Å². The molecule has 3 rings (SSSR count). The van der Waals surface area contributed by atoms with Crippen molar-refractivity contribution >= 4 is 35.0 Å². The molecule has 0 radical (unpaired) electrons.